The van der Waals surface area contributed by atoms with E-state index in [1.165, 1.54) is 12.1 Å². The van der Waals surface area contributed by atoms with Crippen LogP contribution in [0.5, 0.6) is 0 Å². The highest BCUT2D eigenvalue weighted by molar-refractivity contribution is 7.91. The van der Waals surface area contributed by atoms with Gasteiger partial charge < -0.3 is 5.32 Å². The zero-order valence-electron chi connectivity index (χ0n) is 12.6. The van der Waals surface area contributed by atoms with Gasteiger partial charge in [-0.05, 0) is 37.6 Å². The van der Waals surface area contributed by atoms with Crippen LogP contribution >= 0.6 is 11.6 Å². The maximum absolute atomic E-state index is 13.0. The molecule has 0 amide bonds. The summed E-state index contributed by atoms with van der Waals surface area (Å²) in [6, 6.07) is 5.86. The maximum atomic E-state index is 13.0. The first-order valence-electron chi connectivity index (χ1n) is 7.29. The molecule has 8 heteroatoms. The van der Waals surface area contributed by atoms with Gasteiger partial charge in [0.15, 0.2) is 9.84 Å². The molecule has 1 saturated heterocycles. The average molecular weight is 358 g/mol. The molecule has 2 aromatic rings. The number of aryl methyl sites for hydroxylation is 1. The van der Waals surface area contributed by atoms with Crippen LogP contribution in [0.2, 0.25) is 5.15 Å². The Morgan fingerprint density at radius 2 is 2.09 bits per heavy atom. The Morgan fingerprint density at radius 3 is 2.70 bits per heavy atom. The maximum Gasteiger partial charge on any atom is 0.151 e. The molecule has 5 nitrogen and oxygen atoms in total. The van der Waals surface area contributed by atoms with Gasteiger partial charge in [-0.2, -0.15) is 5.10 Å². The van der Waals surface area contributed by atoms with Crippen LogP contribution in [0, 0.1) is 12.7 Å². The van der Waals surface area contributed by atoms with Gasteiger partial charge in [0.2, 0.25) is 0 Å². The molecule has 1 atom stereocenters. The van der Waals surface area contributed by atoms with Crippen molar-refractivity contribution in [1.82, 2.24) is 15.1 Å². The van der Waals surface area contributed by atoms with E-state index in [2.05, 4.69) is 10.4 Å². The van der Waals surface area contributed by atoms with Crippen LogP contribution in [-0.2, 0) is 16.4 Å². The van der Waals surface area contributed by atoms with E-state index in [1.54, 1.807) is 16.8 Å². The van der Waals surface area contributed by atoms with Gasteiger partial charge in [-0.3, -0.25) is 0 Å². The molecule has 0 aliphatic carbocycles. The normalized spacial score (nSPS) is 20.0. The van der Waals surface area contributed by atoms with Crippen LogP contribution in [0.15, 0.2) is 24.3 Å². The van der Waals surface area contributed by atoms with Gasteiger partial charge in [-0.25, -0.2) is 17.5 Å². The lowest BCUT2D eigenvalue weighted by atomic mass is 10.2. The van der Waals surface area contributed by atoms with E-state index < -0.39 is 9.84 Å². The number of sulfone groups is 1. The quantitative estimate of drug-likeness (QED) is 0.911. The molecule has 1 aliphatic heterocycles. The van der Waals surface area contributed by atoms with Crippen molar-refractivity contribution in [3.63, 3.8) is 0 Å². The second-order valence-corrected chi connectivity index (χ2v) is 8.31. The highest BCUT2D eigenvalue weighted by Crippen LogP contribution is 2.24. The standard InChI is InChI=1S/C15H17ClFN3O2S/c1-10-14(8-18-12-6-7-23(21,22)9-12)15(16)20(19-10)13-4-2-11(17)3-5-13/h2-5,12,18H,6-9H2,1H3/t12-/m0/s1. The number of aromatic nitrogens is 2. The average Bonchev–Trinajstić information content (AvgIpc) is 2.98. The third kappa shape index (κ3) is 3.57. The van der Waals surface area contributed by atoms with Crippen molar-refractivity contribution in [3.8, 4) is 5.69 Å². The molecule has 2 heterocycles. The van der Waals surface area contributed by atoms with E-state index in [-0.39, 0.29) is 23.4 Å². The van der Waals surface area contributed by atoms with Gasteiger partial charge >= 0.3 is 0 Å². The van der Waals surface area contributed by atoms with Crippen LogP contribution in [-0.4, -0.2) is 35.7 Å². The van der Waals surface area contributed by atoms with E-state index in [1.807, 2.05) is 6.92 Å². The third-order valence-corrected chi connectivity index (χ3v) is 6.15. The topological polar surface area (TPSA) is 64.0 Å². The minimum atomic E-state index is -2.91. The lowest BCUT2D eigenvalue weighted by Crippen LogP contribution is -2.29. The molecule has 1 aromatic heterocycles. The first-order chi connectivity index (χ1) is 10.9. The van der Waals surface area contributed by atoms with Crippen molar-refractivity contribution < 1.29 is 12.8 Å². The van der Waals surface area contributed by atoms with Gasteiger partial charge in [0.25, 0.3) is 0 Å². The fourth-order valence-electron chi connectivity index (χ4n) is 2.69. The molecular weight excluding hydrogens is 341 g/mol. The van der Waals surface area contributed by atoms with E-state index >= 15 is 0 Å². The number of benzene rings is 1. The zero-order valence-corrected chi connectivity index (χ0v) is 14.2. The largest absolute Gasteiger partial charge is 0.309 e. The van der Waals surface area contributed by atoms with Crippen molar-refractivity contribution in [3.05, 3.63) is 46.5 Å². The Kier molecular flexibility index (Phi) is 4.44. The molecule has 124 valence electrons. The molecule has 0 spiro atoms. The van der Waals surface area contributed by atoms with Crippen molar-refractivity contribution in [2.75, 3.05) is 11.5 Å². The summed E-state index contributed by atoms with van der Waals surface area (Å²) in [5, 5.41) is 8.07. The number of nitrogens with one attached hydrogen (secondary N) is 1. The van der Waals surface area contributed by atoms with Gasteiger partial charge in [-0.1, -0.05) is 11.6 Å². The predicted octanol–water partition coefficient (Wildman–Crippen LogP) is 2.25. The molecule has 0 radical (unpaired) electrons. The monoisotopic (exact) mass is 357 g/mol. The molecule has 1 N–H and O–H groups in total. The number of hydrogen-bond donors (Lipinski definition) is 1. The summed E-state index contributed by atoms with van der Waals surface area (Å²) in [6.45, 7) is 2.29. The number of halogens is 2. The number of nitrogens with zero attached hydrogens (tertiary/aromatic N) is 2. The lowest BCUT2D eigenvalue weighted by Gasteiger charge is -2.10. The van der Waals surface area contributed by atoms with Crippen molar-refractivity contribution in [1.29, 1.82) is 0 Å². The smallest absolute Gasteiger partial charge is 0.151 e. The molecule has 3 rings (SSSR count). The highest BCUT2D eigenvalue weighted by Gasteiger charge is 2.28. The minimum Gasteiger partial charge on any atom is -0.309 e. The van der Waals surface area contributed by atoms with Crippen LogP contribution in [0.25, 0.3) is 5.69 Å². The summed E-state index contributed by atoms with van der Waals surface area (Å²) in [4.78, 5) is 0. The molecule has 0 bridgehead atoms. The van der Waals surface area contributed by atoms with E-state index in [9.17, 15) is 12.8 Å². The summed E-state index contributed by atoms with van der Waals surface area (Å²) in [5.74, 6) is 0.0696. The molecular formula is C15H17ClFN3O2S. The van der Waals surface area contributed by atoms with Gasteiger partial charge in [0.1, 0.15) is 11.0 Å². The van der Waals surface area contributed by atoms with E-state index in [0.717, 1.165) is 11.3 Å². The van der Waals surface area contributed by atoms with Gasteiger partial charge in [0, 0.05) is 18.2 Å². The lowest BCUT2D eigenvalue weighted by molar-refractivity contribution is 0.553. The van der Waals surface area contributed by atoms with Gasteiger partial charge in [0.05, 0.1) is 22.9 Å². The first-order valence-corrected chi connectivity index (χ1v) is 9.49. The number of hydrogen-bond acceptors (Lipinski definition) is 4. The minimum absolute atomic E-state index is 0.0513. The summed E-state index contributed by atoms with van der Waals surface area (Å²) >= 11 is 6.39. The molecule has 0 unspecified atom stereocenters. The second-order valence-electron chi connectivity index (χ2n) is 5.72. The Morgan fingerprint density at radius 1 is 1.39 bits per heavy atom. The van der Waals surface area contributed by atoms with Crippen molar-refractivity contribution in [2.24, 2.45) is 0 Å². The summed E-state index contributed by atoms with van der Waals surface area (Å²) in [5.41, 5.74) is 2.25. The molecule has 1 fully saturated rings. The fourth-order valence-corrected chi connectivity index (χ4v) is 4.73. The Balaban J connectivity index is 1.77. The zero-order chi connectivity index (χ0) is 16.6. The number of rotatable bonds is 4. The van der Waals surface area contributed by atoms with Crippen LogP contribution in [0.3, 0.4) is 0 Å². The van der Waals surface area contributed by atoms with E-state index in [4.69, 9.17) is 11.6 Å². The van der Waals surface area contributed by atoms with Gasteiger partial charge in [-0.15, -0.1) is 0 Å². The fraction of sp³-hybridized carbons (Fsp3) is 0.400. The van der Waals surface area contributed by atoms with Crippen LogP contribution in [0.4, 0.5) is 4.39 Å². The second kappa shape index (κ2) is 6.22. The molecule has 1 aromatic carbocycles. The predicted molar refractivity (Wildman–Crippen MR) is 87.2 cm³/mol. The van der Waals surface area contributed by atoms with Crippen LogP contribution in [0.1, 0.15) is 17.7 Å². The molecule has 1 aliphatic rings. The SMILES string of the molecule is Cc1nn(-c2ccc(F)cc2)c(Cl)c1CN[C@H]1CCS(=O)(=O)C1. The molecule has 23 heavy (non-hydrogen) atoms. The van der Waals surface area contributed by atoms with Crippen molar-refractivity contribution >= 4 is 21.4 Å². The highest BCUT2D eigenvalue weighted by atomic mass is 35.5. The Bertz CT molecular complexity index is 818. The van der Waals surface area contributed by atoms with Crippen LogP contribution < -0.4 is 5.32 Å². The Labute approximate surface area is 139 Å². The summed E-state index contributed by atoms with van der Waals surface area (Å²) in [7, 11) is -2.91. The Hall–Kier alpha value is -1.44. The van der Waals surface area contributed by atoms with Crippen molar-refractivity contribution in [2.45, 2.75) is 25.9 Å². The molecule has 0 saturated carbocycles. The summed E-state index contributed by atoms with van der Waals surface area (Å²) < 4.78 is 37.6. The third-order valence-electron chi connectivity index (χ3n) is 3.99. The first kappa shape index (κ1) is 16.4. The van der Waals surface area contributed by atoms with E-state index in [0.29, 0.717) is 23.8 Å². The summed E-state index contributed by atoms with van der Waals surface area (Å²) in [6.07, 6.45) is 0.616.